The Balaban J connectivity index is 2.36. The Morgan fingerprint density at radius 3 is 2.90 bits per heavy atom. The second-order valence-corrected chi connectivity index (χ2v) is 4.52. The molecule has 0 unspecified atom stereocenters. The van der Waals surface area contributed by atoms with Crippen LogP contribution in [-0.4, -0.2) is 20.7 Å². The molecular formula is C14H13N4O2-. The van der Waals surface area contributed by atoms with Gasteiger partial charge < -0.3 is 9.90 Å². The van der Waals surface area contributed by atoms with Crippen LogP contribution in [0.5, 0.6) is 0 Å². The Bertz CT molecular complexity index is 794. The summed E-state index contributed by atoms with van der Waals surface area (Å²) in [7, 11) is 0. The molecule has 0 bridgehead atoms. The van der Waals surface area contributed by atoms with Gasteiger partial charge >= 0.3 is 0 Å². The predicted molar refractivity (Wildman–Crippen MR) is 73.8 cm³/mol. The minimum atomic E-state index is -1.36. The zero-order valence-electron chi connectivity index (χ0n) is 11.0. The number of carbonyl (C=O) groups is 1. The summed E-state index contributed by atoms with van der Waals surface area (Å²) in [4.78, 5) is 19.7. The van der Waals surface area contributed by atoms with Crippen molar-refractivity contribution in [2.45, 2.75) is 19.8 Å². The number of imidazole rings is 1. The van der Waals surface area contributed by atoms with E-state index >= 15 is 0 Å². The average molecular weight is 269 g/mol. The molecular weight excluding hydrogens is 256 g/mol. The summed E-state index contributed by atoms with van der Waals surface area (Å²) in [5.74, 6) is 0.657. The van der Waals surface area contributed by atoms with E-state index in [9.17, 15) is 9.90 Å². The number of para-hydroxylation sites is 1. The highest BCUT2D eigenvalue weighted by Crippen LogP contribution is 2.24. The van der Waals surface area contributed by atoms with Gasteiger partial charge in [0.05, 0.1) is 11.7 Å². The van der Waals surface area contributed by atoms with Gasteiger partial charge in [-0.05, 0) is 12.5 Å². The maximum absolute atomic E-state index is 10.9. The van der Waals surface area contributed by atoms with Crippen LogP contribution < -0.4 is 10.5 Å². The summed E-state index contributed by atoms with van der Waals surface area (Å²) in [6, 6.07) is 7.56. The van der Waals surface area contributed by atoms with Crippen LogP contribution in [0.2, 0.25) is 0 Å². The summed E-state index contributed by atoms with van der Waals surface area (Å²) in [6.07, 6.45) is 1.83. The molecule has 0 spiro atoms. The molecule has 1 N–H and O–H groups in total. The molecule has 0 saturated heterocycles. The van der Waals surface area contributed by atoms with Crippen LogP contribution in [0.3, 0.4) is 0 Å². The van der Waals surface area contributed by atoms with E-state index < -0.39 is 6.09 Å². The molecule has 3 aromatic rings. The zero-order valence-corrected chi connectivity index (χ0v) is 11.0. The fourth-order valence-corrected chi connectivity index (χ4v) is 2.35. The molecule has 6 nitrogen and oxygen atoms in total. The number of amides is 1. The lowest BCUT2D eigenvalue weighted by molar-refractivity contribution is -0.243. The molecule has 0 aliphatic carbocycles. The van der Waals surface area contributed by atoms with Gasteiger partial charge in [0, 0.05) is 11.8 Å². The predicted octanol–water partition coefficient (Wildman–Crippen LogP) is 1.42. The molecule has 3 rings (SSSR count). The Hall–Kier alpha value is -2.63. The van der Waals surface area contributed by atoms with Gasteiger partial charge in [-0.2, -0.15) is 0 Å². The Morgan fingerprint density at radius 2 is 2.15 bits per heavy atom. The van der Waals surface area contributed by atoms with E-state index in [1.54, 1.807) is 6.20 Å². The molecule has 1 amide bonds. The number of rotatable bonds is 3. The lowest BCUT2D eigenvalue weighted by Gasteiger charge is -2.12. The SMILES string of the molecule is CCCc1nc2cnc3ccccc3c2n1NC(=O)[O-]. The fourth-order valence-electron chi connectivity index (χ4n) is 2.35. The first-order valence-corrected chi connectivity index (χ1v) is 6.43. The van der Waals surface area contributed by atoms with Crippen LogP contribution in [0.25, 0.3) is 21.9 Å². The molecule has 6 heteroatoms. The third kappa shape index (κ3) is 1.95. The van der Waals surface area contributed by atoms with E-state index in [2.05, 4.69) is 15.4 Å². The highest BCUT2D eigenvalue weighted by molar-refractivity contribution is 6.02. The maximum atomic E-state index is 10.9. The monoisotopic (exact) mass is 269 g/mol. The van der Waals surface area contributed by atoms with Crippen molar-refractivity contribution in [2.75, 3.05) is 5.43 Å². The quantitative estimate of drug-likeness (QED) is 0.779. The van der Waals surface area contributed by atoms with Gasteiger partial charge in [0.15, 0.2) is 6.09 Å². The fraction of sp³-hybridized carbons (Fsp3) is 0.214. The van der Waals surface area contributed by atoms with Gasteiger partial charge in [-0.15, -0.1) is 0 Å². The molecule has 0 radical (unpaired) electrons. The normalized spacial score (nSPS) is 11.1. The molecule has 0 aliphatic heterocycles. The first kappa shape index (κ1) is 12.4. The number of nitrogens with zero attached hydrogens (tertiary/aromatic N) is 3. The van der Waals surface area contributed by atoms with Crippen LogP contribution in [0.1, 0.15) is 19.2 Å². The molecule has 102 valence electrons. The molecule has 2 heterocycles. The Kier molecular flexibility index (Phi) is 2.98. The number of hydrogen-bond acceptors (Lipinski definition) is 4. The molecule has 0 atom stereocenters. The first-order valence-electron chi connectivity index (χ1n) is 6.43. The number of benzene rings is 1. The third-order valence-corrected chi connectivity index (χ3v) is 3.14. The third-order valence-electron chi connectivity index (χ3n) is 3.14. The highest BCUT2D eigenvalue weighted by Gasteiger charge is 2.13. The summed E-state index contributed by atoms with van der Waals surface area (Å²) in [5, 5.41) is 11.8. The minimum absolute atomic E-state index is 0.657. The van der Waals surface area contributed by atoms with Crippen molar-refractivity contribution in [1.29, 1.82) is 0 Å². The maximum Gasteiger partial charge on any atom is 0.154 e. The average Bonchev–Trinajstić information content (AvgIpc) is 2.77. The number of carboxylic acid groups (broad SMARTS) is 1. The number of fused-ring (bicyclic) bond motifs is 3. The van der Waals surface area contributed by atoms with Gasteiger partial charge in [-0.3, -0.25) is 10.4 Å². The van der Waals surface area contributed by atoms with Crippen LogP contribution in [0.4, 0.5) is 4.79 Å². The minimum Gasteiger partial charge on any atom is -0.529 e. The summed E-state index contributed by atoms with van der Waals surface area (Å²) < 4.78 is 1.48. The van der Waals surface area contributed by atoms with E-state index in [4.69, 9.17) is 0 Å². The van der Waals surface area contributed by atoms with Crippen molar-refractivity contribution < 1.29 is 9.90 Å². The van der Waals surface area contributed by atoms with Crippen molar-refractivity contribution in [3.63, 3.8) is 0 Å². The summed E-state index contributed by atoms with van der Waals surface area (Å²) in [5.41, 5.74) is 4.48. The summed E-state index contributed by atoms with van der Waals surface area (Å²) in [6.45, 7) is 2.01. The van der Waals surface area contributed by atoms with Gasteiger partial charge in [0.2, 0.25) is 0 Å². The van der Waals surface area contributed by atoms with E-state index in [0.717, 1.165) is 17.3 Å². The number of pyridine rings is 1. The van der Waals surface area contributed by atoms with Gasteiger partial charge in [0.25, 0.3) is 0 Å². The van der Waals surface area contributed by atoms with Gasteiger partial charge in [-0.25, -0.2) is 9.66 Å². The van der Waals surface area contributed by atoms with Gasteiger partial charge in [0.1, 0.15) is 16.9 Å². The van der Waals surface area contributed by atoms with E-state index in [1.165, 1.54) is 4.68 Å². The van der Waals surface area contributed by atoms with Crippen LogP contribution in [-0.2, 0) is 6.42 Å². The van der Waals surface area contributed by atoms with E-state index in [-0.39, 0.29) is 0 Å². The number of aromatic nitrogens is 3. The molecule has 1 aromatic carbocycles. The molecule has 0 fully saturated rings. The number of aryl methyl sites for hydroxylation is 1. The van der Waals surface area contributed by atoms with Crippen molar-refractivity contribution in [3.05, 3.63) is 36.3 Å². The second kappa shape index (κ2) is 4.80. The Morgan fingerprint density at radius 1 is 1.35 bits per heavy atom. The van der Waals surface area contributed by atoms with Crippen molar-refractivity contribution in [3.8, 4) is 0 Å². The molecule has 0 saturated carbocycles. The summed E-state index contributed by atoms with van der Waals surface area (Å²) >= 11 is 0. The van der Waals surface area contributed by atoms with Crippen LogP contribution in [0, 0.1) is 0 Å². The largest absolute Gasteiger partial charge is 0.529 e. The molecule has 0 aliphatic rings. The Labute approximate surface area is 115 Å². The zero-order chi connectivity index (χ0) is 14.1. The van der Waals surface area contributed by atoms with Crippen molar-refractivity contribution in [1.82, 2.24) is 14.6 Å². The number of nitrogens with one attached hydrogen (secondary N) is 1. The standard InChI is InChI=1S/C14H14N4O2/c1-2-5-12-16-11-8-15-10-7-4-3-6-9(10)13(11)18(12)17-14(19)20/h3-4,6-8,17H,2,5H2,1H3,(H,19,20)/p-1. The van der Waals surface area contributed by atoms with E-state index in [0.29, 0.717) is 23.3 Å². The topological polar surface area (TPSA) is 82.9 Å². The first-order chi connectivity index (χ1) is 9.70. The molecule has 20 heavy (non-hydrogen) atoms. The second-order valence-electron chi connectivity index (χ2n) is 4.52. The van der Waals surface area contributed by atoms with Crippen LogP contribution >= 0.6 is 0 Å². The lowest BCUT2D eigenvalue weighted by atomic mass is 10.2. The van der Waals surface area contributed by atoms with Crippen LogP contribution in [0.15, 0.2) is 30.5 Å². The van der Waals surface area contributed by atoms with Crippen molar-refractivity contribution >= 4 is 28.0 Å². The van der Waals surface area contributed by atoms with Gasteiger partial charge in [-0.1, -0.05) is 25.1 Å². The van der Waals surface area contributed by atoms with E-state index in [1.807, 2.05) is 31.2 Å². The highest BCUT2D eigenvalue weighted by atomic mass is 16.4. The number of carbonyl (C=O) groups excluding carboxylic acids is 1. The smallest absolute Gasteiger partial charge is 0.154 e. The lowest BCUT2D eigenvalue weighted by Crippen LogP contribution is -2.35. The van der Waals surface area contributed by atoms with Crippen molar-refractivity contribution in [2.24, 2.45) is 0 Å². The molecule has 2 aromatic heterocycles. The number of hydrogen-bond donors (Lipinski definition) is 1.